The fraction of sp³-hybridized carbons (Fsp3) is 0.333. The van der Waals surface area contributed by atoms with E-state index in [-0.39, 0.29) is 10.7 Å². The summed E-state index contributed by atoms with van der Waals surface area (Å²) in [4.78, 5) is 23.7. The van der Waals surface area contributed by atoms with Gasteiger partial charge in [-0.05, 0) is 18.2 Å². The van der Waals surface area contributed by atoms with Crippen molar-refractivity contribution in [3.8, 4) is 0 Å². The number of aliphatic carboxylic acids is 1. The first kappa shape index (κ1) is 16.8. The van der Waals surface area contributed by atoms with Crippen LogP contribution in [0.2, 0.25) is 5.02 Å². The summed E-state index contributed by atoms with van der Waals surface area (Å²) >= 11 is 5.83. The average molecular weight is 362 g/mol. The SMILES string of the molecule is O=C(O)C1C2C=CC(O2)C1C(=O)Nc1cc(C(F)(F)F)ccc1Cl. The molecule has 0 saturated carbocycles. The van der Waals surface area contributed by atoms with E-state index < -0.39 is 47.7 Å². The first-order chi connectivity index (χ1) is 11.2. The molecule has 2 aliphatic rings. The minimum Gasteiger partial charge on any atom is -0.481 e. The highest BCUT2D eigenvalue weighted by Crippen LogP contribution is 2.40. The lowest BCUT2D eigenvalue weighted by atomic mass is 9.82. The van der Waals surface area contributed by atoms with Crippen LogP contribution in [0.3, 0.4) is 0 Å². The summed E-state index contributed by atoms with van der Waals surface area (Å²) in [6, 6.07) is 2.52. The lowest BCUT2D eigenvalue weighted by Crippen LogP contribution is -2.39. The number of hydrogen-bond donors (Lipinski definition) is 2. The summed E-state index contributed by atoms with van der Waals surface area (Å²) in [5.74, 6) is -4.09. The number of anilines is 1. The van der Waals surface area contributed by atoms with E-state index in [1.807, 2.05) is 0 Å². The molecule has 2 aliphatic heterocycles. The van der Waals surface area contributed by atoms with Gasteiger partial charge in [-0.3, -0.25) is 9.59 Å². The molecule has 4 atom stereocenters. The fourth-order valence-corrected chi connectivity index (χ4v) is 3.09. The molecule has 0 aliphatic carbocycles. The zero-order valence-corrected chi connectivity index (χ0v) is 12.6. The van der Waals surface area contributed by atoms with Gasteiger partial charge in [0.25, 0.3) is 0 Å². The molecule has 2 bridgehead atoms. The predicted molar refractivity (Wildman–Crippen MR) is 77.5 cm³/mol. The number of carbonyl (C=O) groups is 2. The number of hydrogen-bond acceptors (Lipinski definition) is 3. The van der Waals surface area contributed by atoms with Crippen LogP contribution in [0.1, 0.15) is 5.56 Å². The molecule has 24 heavy (non-hydrogen) atoms. The largest absolute Gasteiger partial charge is 0.481 e. The highest BCUT2D eigenvalue weighted by molar-refractivity contribution is 6.33. The van der Waals surface area contributed by atoms with Crippen LogP contribution in [0.4, 0.5) is 18.9 Å². The van der Waals surface area contributed by atoms with Crippen LogP contribution in [0, 0.1) is 11.8 Å². The first-order valence-corrected chi connectivity index (χ1v) is 7.30. The van der Waals surface area contributed by atoms with Gasteiger partial charge in [0.2, 0.25) is 5.91 Å². The van der Waals surface area contributed by atoms with Gasteiger partial charge in [-0.15, -0.1) is 0 Å². The number of benzene rings is 1. The first-order valence-electron chi connectivity index (χ1n) is 6.92. The van der Waals surface area contributed by atoms with Crippen LogP contribution in [0.15, 0.2) is 30.4 Å². The second-order valence-corrected chi connectivity index (χ2v) is 5.93. The summed E-state index contributed by atoms with van der Waals surface area (Å²) in [5, 5.41) is 11.5. The van der Waals surface area contributed by atoms with E-state index in [9.17, 15) is 27.9 Å². The van der Waals surface area contributed by atoms with Gasteiger partial charge >= 0.3 is 12.1 Å². The maximum atomic E-state index is 12.8. The normalized spacial score (nSPS) is 28.2. The Morgan fingerprint density at radius 2 is 1.79 bits per heavy atom. The fourth-order valence-electron chi connectivity index (χ4n) is 2.93. The zero-order chi connectivity index (χ0) is 17.6. The molecule has 0 radical (unpaired) electrons. The zero-order valence-electron chi connectivity index (χ0n) is 11.9. The van der Waals surface area contributed by atoms with E-state index in [0.29, 0.717) is 6.07 Å². The third-order valence-corrected chi connectivity index (χ3v) is 4.37. The lowest BCUT2D eigenvalue weighted by molar-refractivity contribution is -0.145. The number of fused-ring (bicyclic) bond motifs is 2. The summed E-state index contributed by atoms with van der Waals surface area (Å²) < 4.78 is 43.7. The second-order valence-electron chi connectivity index (χ2n) is 5.52. The molecule has 5 nitrogen and oxygen atoms in total. The summed E-state index contributed by atoms with van der Waals surface area (Å²) in [7, 11) is 0. The van der Waals surface area contributed by atoms with Gasteiger partial charge in [0, 0.05) is 0 Å². The van der Waals surface area contributed by atoms with E-state index in [1.54, 1.807) is 12.2 Å². The molecular weight excluding hydrogens is 351 g/mol. The van der Waals surface area contributed by atoms with E-state index in [1.165, 1.54) is 0 Å². The molecule has 128 valence electrons. The highest BCUT2D eigenvalue weighted by Gasteiger charge is 2.53. The molecule has 3 rings (SSSR count). The Labute approximate surface area is 139 Å². The number of halogens is 4. The van der Waals surface area contributed by atoms with Crippen molar-refractivity contribution in [1.82, 2.24) is 0 Å². The molecule has 1 amide bonds. The van der Waals surface area contributed by atoms with Gasteiger partial charge in [0.15, 0.2) is 0 Å². The van der Waals surface area contributed by atoms with Crippen LogP contribution >= 0.6 is 11.6 Å². The molecule has 1 aromatic carbocycles. The number of rotatable bonds is 3. The quantitative estimate of drug-likeness (QED) is 0.812. The monoisotopic (exact) mass is 361 g/mol. The molecule has 4 unspecified atom stereocenters. The van der Waals surface area contributed by atoms with Gasteiger partial charge in [-0.25, -0.2) is 0 Å². The number of alkyl halides is 3. The Hall–Kier alpha value is -2.06. The Balaban J connectivity index is 1.85. The highest BCUT2D eigenvalue weighted by atomic mass is 35.5. The van der Waals surface area contributed by atoms with Crippen LogP contribution < -0.4 is 5.32 Å². The van der Waals surface area contributed by atoms with Crippen LogP contribution in [0.25, 0.3) is 0 Å². The number of carboxylic acid groups (broad SMARTS) is 1. The predicted octanol–water partition coefficient (Wildman–Crippen LogP) is 2.95. The molecular formula is C15H11ClF3NO4. The van der Waals surface area contributed by atoms with Gasteiger partial charge in [-0.1, -0.05) is 23.8 Å². The van der Waals surface area contributed by atoms with E-state index in [0.717, 1.165) is 12.1 Å². The van der Waals surface area contributed by atoms with Crippen molar-refractivity contribution in [2.24, 2.45) is 11.8 Å². The molecule has 0 spiro atoms. The van der Waals surface area contributed by atoms with E-state index in [4.69, 9.17) is 16.3 Å². The van der Waals surface area contributed by atoms with Crippen molar-refractivity contribution in [3.63, 3.8) is 0 Å². The molecule has 1 saturated heterocycles. The molecule has 1 aromatic rings. The van der Waals surface area contributed by atoms with Gasteiger partial charge in [0.05, 0.1) is 34.4 Å². The Kier molecular flexibility index (Phi) is 4.05. The number of carbonyl (C=O) groups excluding carboxylic acids is 1. The van der Waals surface area contributed by atoms with E-state index >= 15 is 0 Å². The van der Waals surface area contributed by atoms with Gasteiger partial charge < -0.3 is 15.2 Å². The summed E-state index contributed by atoms with van der Waals surface area (Å²) in [5.41, 5.74) is -1.20. The van der Waals surface area contributed by atoms with Crippen LogP contribution in [0.5, 0.6) is 0 Å². The van der Waals surface area contributed by atoms with Crippen molar-refractivity contribution in [2.75, 3.05) is 5.32 Å². The third-order valence-electron chi connectivity index (χ3n) is 4.04. The molecule has 0 aromatic heterocycles. The number of nitrogens with one attached hydrogen (secondary N) is 1. The summed E-state index contributed by atoms with van der Waals surface area (Å²) in [6.07, 6.45) is -2.90. The van der Waals surface area contributed by atoms with Crippen molar-refractivity contribution in [2.45, 2.75) is 18.4 Å². The second kappa shape index (κ2) is 5.78. The summed E-state index contributed by atoms with van der Waals surface area (Å²) in [6.45, 7) is 0. The van der Waals surface area contributed by atoms with Crippen molar-refractivity contribution in [3.05, 3.63) is 40.9 Å². The maximum Gasteiger partial charge on any atom is 0.416 e. The van der Waals surface area contributed by atoms with Crippen molar-refractivity contribution >= 4 is 29.2 Å². The maximum absolute atomic E-state index is 12.8. The standard InChI is InChI=1S/C15H11ClF3NO4/c16-7-2-1-6(15(17,18)19)5-8(7)20-13(21)11-9-3-4-10(24-9)12(11)14(22)23/h1-5,9-12H,(H,20,21)(H,22,23). The topological polar surface area (TPSA) is 75.6 Å². The van der Waals surface area contributed by atoms with Crippen LogP contribution in [-0.4, -0.2) is 29.2 Å². The Bertz CT molecular complexity index is 734. The third kappa shape index (κ3) is 2.87. The Morgan fingerprint density at radius 3 is 2.38 bits per heavy atom. The Morgan fingerprint density at radius 1 is 1.17 bits per heavy atom. The minimum atomic E-state index is -4.59. The van der Waals surface area contributed by atoms with Gasteiger partial charge in [0.1, 0.15) is 5.92 Å². The number of ether oxygens (including phenoxy) is 1. The number of amides is 1. The van der Waals surface area contributed by atoms with Crippen molar-refractivity contribution < 1.29 is 32.6 Å². The van der Waals surface area contributed by atoms with Gasteiger partial charge in [-0.2, -0.15) is 13.2 Å². The lowest BCUT2D eigenvalue weighted by Gasteiger charge is -2.21. The molecule has 9 heteroatoms. The van der Waals surface area contributed by atoms with E-state index in [2.05, 4.69) is 5.32 Å². The molecule has 2 N–H and O–H groups in total. The van der Waals surface area contributed by atoms with Crippen LogP contribution in [-0.2, 0) is 20.5 Å². The molecule has 1 fully saturated rings. The smallest absolute Gasteiger partial charge is 0.416 e. The average Bonchev–Trinajstić information content (AvgIpc) is 3.08. The minimum absolute atomic E-state index is 0.0807. The van der Waals surface area contributed by atoms with Crippen molar-refractivity contribution in [1.29, 1.82) is 0 Å². The number of carboxylic acids is 1. The molecule has 2 heterocycles.